The molecule has 8 nitrogen and oxygen atoms in total. The van der Waals surface area contributed by atoms with Crippen molar-refractivity contribution in [2.45, 2.75) is 32.5 Å². The largest absolute Gasteiger partial charge is 0.480 e. The third-order valence-electron chi connectivity index (χ3n) is 2.74. The number of carboxylic acids is 1. The molecule has 2 rings (SSSR count). The second kappa shape index (κ2) is 5.03. The first kappa shape index (κ1) is 12.3. The molecule has 98 valence electrons. The third-order valence-corrected chi connectivity index (χ3v) is 2.74. The minimum atomic E-state index is -0.986. The molecule has 0 bridgehead atoms. The van der Waals surface area contributed by atoms with Gasteiger partial charge < -0.3 is 15.7 Å². The van der Waals surface area contributed by atoms with E-state index in [2.05, 4.69) is 27.9 Å². The highest BCUT2D eigenvalue weighted by atomic mass is 16.4. The number of hydrogen-bond acceptors (Lipinski definition) is 4. The number of hydrogen-bond donors (Lipinski definition) is 3. The fourth-order valence-corrected chi connectivity index (χ4v) is 1.55. The van der Waals surface area contributed by atoms with Gasteiger partial charge in [0.25, 0.3) is 0 Å². The van der Waals surface area contributed by atoms with Crippen molar-refractivity contribution in [2.24, 2.45) is 5.92 Å². The molecule has 0 aliphatic heterocycles. The summed E-state index contributed by atoms with van der Waals surface area (Å²) in [5, 5.41) is 21.4. The molecule has 8 heteroatoms. The average molecular weight is 253 g/mol. The van der Waals surface area contributed by atoms with Crippen molar-refractivity contribution in [3.05, 3.63) is 11.9 Å². The molecule has 1 fully saturated rings. The van der Waals surface area contributed by atoms with Crippen molar-refractivity contribution in [1.82, 2.24) is 25.6 Å². The molecule has 1 aromatic heterocycles. The lowest BCUT2D eigenvalue weighted by Gasteiger charge is -2.04. The Kier molecular flexibility index (Phi) is 3.45. The van der Waals surface area contributed by atoms with Gasteiger partial charge >= 0.3 is 12.0 Å². The van der Waals surface area contributed by atoms with E-state index >= 15 is 0 Å². The monoisotopic (exact) mass is 253 g/mol. The van der Waals surface area contributed by atoms with Crippen molar-refractivity contribution in [3.8, 4) is 0 Å². The van der Waals surface area contributed by atoms with Crippen molar-refractivity contribution in [2.75, 3.05) is 0 Å². The van der Waals surface area contributed by atoms with E-state index < -0.39 is 5.97 Å². The molecule has 2 amide bonds. The van der Waals surface area contributed by atoms with Crippen LogP contribution in [0.1, 0.15) is 19.0 Å². The molecular weight excluding hydrogens is 238 g/mol. The lowest BCUT2D eigenvalue weighted by Crippen LogP contribution is -2.37. The van der Waals surface area contributed by atoms with Crippen molar-refractivity contribution in [1.29, 1.82) is 0 Å². The zero-order valence-corrected chi connectivity index (χ0v) is 9.96. The molecule has 1 aromatic rings. The Morgan fingerprint density at radius 3 is 2.94 bits per heavy atom. The van der Waals surface area contributed by atoms with E-state index in [1.807, 2.05) is 0 Å². The van der Waals surface area contributed by atoms with Gasteiger partial charge in [-0.3, -0.25) is 4.79 Å². The van der Waals surface area contributed by atoms with Crippen LogP contribution in [-0.2, 0) is 17.9 Å². The molecule has 0 spiro atoms. The van der Waals surface area contributed by atoms with Gasteiger partial charge in [-0.25, -0.2) is 9.48 Å². The number of aromatic nitrogens is 3. The number of carbonyl (C=O) groups excluding carboxylic acids is 1. The summed E-state index contributed by atoms with van der Waals surface area (Å²) in [6.07, 6.45) is 2.51. The summed E-state index contributed by atoms with van der Waals surface area (Å²) >= 11 is 0. The van der Waals surface area contributed by atoms with Gasteiger partial charge in [0.2, 0.25) is 0 Å². The summed E-state index contributed by atoms with van der Waals surface area (Å²) in [4.78, 5) is 21.9. The number of nitrogens with one attached hydrogen (secondary N) is 2. The Morgan fingerprint density at radius 2 is 2.33 bits per heavy atom. The lowest BCUT2D eigenvalue weighted by atomic mass is 10.4. The van der Waals surface area contributed by atoms with Gasteiger partial charge in [-0.2, -0.15) is 0 Å². The second-order valence-corrected chi connectivity index (χ2v) is 4.45. The minimum Gasteiger partial charge on any atom is -0.480 e. The van der Waals surface area contributed by atoms with E-state index in [1.165, 1.54) is 10.9 Å². The first-order valence-corrected chi connectivity index (χ1v) is 5.70. The van der Waals surface area contributed by atoms with Gasteiger partial charge in [0.05, 0.1) is 12.7 Å². The molecule has 1 aliphatic rings. The van der Waals surface area contributed by atoms with Crippen LogP contribution in [0.15, 0.2) is 6.20 Å². The molecule has 2 atom stereocenters. The predicted molar refractivity (Wildman–Crippen MR) is 60.6 cm³/mol. The number of amides is 2. The first-order chi connectivity index (χ1) is 8.54. The summed E-state index contributed by atoms with van der Waals surface area (Å²) in [5.41, 5.74) is 0.523. The SMILES string of the molecule is CC1CC1NC(=O)NCc1cn(CC(=O)O)nn1. The molecule has 18 heavy (non-hydrogen) atoms. The number of aliphatic carboxylic acids is 1. The molecule has 1 saturated carbocycles. The number of carbonyl (C=O) groups is 2. The van der Waals surface area contributed by atoms with Crippen LogP contribution in [-0.4, -0.2) is 38.1 Å². The summed E-state index contributed by atoms with van der Waals surface area (Å²) < 4.78 is 1.21. The smallest absolute Gasteiger partial charge is 0.325 e. The molecule has 2 unspecified atom stereocenters. The van der Waals surface area contributed by atoms with Crippen molar-refractivity contribution in [3.63, 3.8) is 0 Å². The average Bonchev–Trinajstić information content (AvgIpc) is 2.79. The van der Waals surface area contributed by atoms with Crippen LogP contribution in [0.4, 0.5) is 4.79 Å². The van der Waals surface area contributed by atoms with Crippen LogP contribution in [0.3, 0.4) is 0 Å². The normalized spacial score (nSPS) is 21.4. The standard InChI is InChI=1S/C10H15N5O3/c1-6-2-8(6)12-10(18)11-3-7-4-15(14-13-7)5-9(16)17/h4,6,8H,2-3,5H2,1H3,(H,16,17)(H2,11,12,18). The molecule has 0 aromatic carbocycles. The van der Waals surface area contributed by atoms with Crippen LogP contribution in [0.2, 0.25) is 0 Å². The number of rotatable bonds is 5. The number of urea groups is 1. The first-order valence-electron chi connectivity index (χ1n) is 5.70. The highest BCUT2D eigenvalue weighted by Crippen LogP contribution is 2.28. The number of nitrogens with zero attached hydrogens (tertiary/aromatic N) is 3. The van der Waals surface area contributed by atoms with Crippen LogP contribution in [0.25, 0.3) is 0 Å². The quantitative estimate of drug-likeness (QED) is 0.659. The Morgan fingerprint density at radius 1 is 1.61 bits per heavy atom. The summed E-state index contributed by atoms with van der Waals surface area (Å²) in [6.45, 7) is 2.06. The maximum Gasteiger partial charge on any atom is 0.325 e. The molecule has 1 aliphatic carbocycles. The fraction of sp³-hybridized carbons (Fsp3) is 0.600. The van der Waals surface area contributed by atoms with Gasteiger partial charge in [-0.1, -0.05) is 12.1 Å². The topological polar surface area (TPSA) is 109 Å². The van der Waals surface area contributed by atoms with Gasteiger partial charge in [-0.15, -0.1) is 5.10 Å². The highest BCUT2D eigenvalue weighted by molar-refractivity contribution is 5.74. The highest BCUT2D eigenvalue weighted by Gasteiger charge is 2.33. The van der Waals surface area contributed by atoms with Gasteiger partial charge in [0.15, 0.2) is 0 Å². The molecule has 1 heterocycles. The maximum atomic E-state index is 11.4. The maximum absolute atomic E-state index is 11.4. The van der Waals surface area contributed by atoms with Crippen molar-refractivity contribution < 1.29 is 14.7 Å². The van der Waals surface area contributed by atoms with Crippen LogP contribution < -0.4 is 10.6 Å². The zero-order chi connectivity index (χ0) is 13.1. The molecular formula is C10H15N5O3. The van der Waals surface area contributed by atoms with E-state index in [0.29, 0.717) is 11.6 Å². The molecule has 0 saturated heterocycles. The Hall–Kier alpha value is -2.12. The van der Waals surface area contributed by atoms with Crippen LogP contribution in [0.5, 0.6) is 0 Å². The van der Waals surface area contributed by atoms with E-state index in [9.17, 15) is 9.59 Å². The van der Waals surface area contributed by atoms with E-state index in [4.69, 9.17) is 5.11 Å². The van der Waals surface area contributed by atoms with Gasteiger partial charge in [0.1, 0.15) is 12.2 Å². The minimum absolute atomic E-state index is 0.229. The van der Waals surface area contributed by atoms with Gasteiger partial charge in [0, 0.05) is 6.04 Å². The second-order valence-electron chi connectivity index (χ2n) is 4.45. The van der Waals surface area contributed by atoms with E-state index in [0.717, 1.165) is 6.42 Å². The summed E-state index contributed by atoms with van der Waals surface area (Å²) in [6, 6.07) is 0.0322. The lowest BCUT2D eigenvalue weighted by molar-refractivity contribution is -0.137. The van der Waals surface area contributed by atoms with E-state index in [1.54, 1.807) is 0 Å². The molecule has 3 N–H and O–H groups in total. The Bertz CT molecular complexity index is 458. The summed E-state index contributed by atoms with van der Waals surface area (Å²) in [7, 11) is 0. The third kappa shape index (κ3) is 3.44. The van der Waals surface area contributed by atoms with Gasteiger partial charge in [-0.05, 0) is 12.3 Å². The molecule has 0 radical (unpaired) electrons. The van der Waals surface area contributed by atoms with Crippen LogP contribution in [0, 0.1) is 5.92 Å². The Balaban J connectivity index is 1.74. The zero-order valence-electron chi connectivity index (χ0n) is 9.96. The Labute approximate surface area is 103 Å². The summed E-state index contributed by atoms with van der Waals surface area (Å²) in [5.74, 6) is -0.438. The van der Waals surface area contributed by atoms with Crippen molar-refractivity contribution >= 4 is 12.0 Å². The number of carboxylic acid groups (broad SMARTS) is 1. The van der Waals surface area contributed by atoms with E-state index in [-0.39, 0.29) is 25.2 Å². The van der Waals surface area contributed by atoms with Crippen LogP contribution >= 0.6 is 0 Å². The predicted octanol–water partition coefficient (Wildman–Crippen LogP) is -0.430. The fourth-order valence-electron chi connectivity index (χ4n) is 1.55.